The molecule has 0 spiro atoms. The number of rotatable bonds is 5. The standard InChI is InChI=1S/C21H23F3N2O2S/c1-15-10-12-26(13-11-15)16(2)19-8-5-6-17(25-19)14-29(27,28)20-9-4-3-7-18(20)21(22,23)24/h3-9,15H,2,10-14H2,1H3. The number of halogens is 3. The first-order chi connectivity index (χ1) is 13.6. The van der Waals surface area contributed by atoms with Crippen LogP contribution in [-0.2, 0) is 21.8 Å². The van der Waals surface area contributed by atoms with Gasteiger partial charge in [-0.05, 0) is 43.0 Å². The van der Waals surface area contributed by atoms with Gasteiger partial charge in [0.25, 0.3) is 0 Å². The van der Waals surface area contributed by atoms with E-state index in [0.717, 1.165) is 38.1 Å². The van der Waals surface area contributed by atoms with Crippen LogP contribution in [0.4, 0.5) is 13.2 Å². The summed E-state index contributed by atoms with van der Waals surface area (Å²) in [6, 6.07) is 9.10. The van der Waals surface area contributed by atoms with Crippen molar-refractivity contribution in [3.8, 4) is 0 Å². The lowest BCUT2D eigenvalue weighted by Gasteiger charge is -2.33. The summed E-state index contributed by atoms with van der Waals surface area (Å²) in [6.07, 6.45) is -2.67. The zero-order valence-electron chi connectivity index (χ0n) is 16.1. The molecule has 0 amide bonds. The number of alkyl halides is 3. The highest BCUT2D eigenvalue weighted by atomic mass is 32.2. The van der Waals surface area contributed by atoms with Gasteiger partial charge in [0.05, 0.1) is 33.3 Å². The maximum absolute atomic E-state index is 13.2. The summed E-state index contributed by atoms with van der Waals surface area (Å²) in [4.78, 5) is 5.75. The smallest absolute Gasteiger partial charge is 0.370 e. The summed E-state index contributed by atoms with van der Waals surface area (Å²) in [5.41, 5.74) is 0.261. The van der Waals surface area contributed by atoms with Gasteiger partial charge in [-0.1, -0.05) is 31.7 Å². The third-order valence-electron chi connectivity index (χ3n) is 5.13. The van der Waals surface area contributed by atoms with Crippen molar-refractivity contribution in [1.82, 2.24) is 9.88 Å². The molecular formula is C21H23F3N2O2S. The first-order valence-corrected chi connectivity index (χ1v) is 11.0. The van der Waals surface area contributed by atoms with Gasteiger partial charge in [0, 0.05) is 13.1 Å². The second-order valence-corrected chi connectivity index (χ2v) is 9.34. The quantitative estimate of drug-likeness (QED) is 0.693. The molecule has 2 heterocycles. The van der Waals surface area contributed by atoms with Crippen LogP contribution in [-0.4, -0.2) is 31.4 Å². The van der Waals surface area contributed by atoms with E-state index in [-0.39, 0.29) is 5.69 Å². The average molecular weight is 424 g/mol. The van der Waals surface area contributed by atoms with Crippen LogP contribution < -0.4 is 0 Å². The van der Waals surface area contributed by atoms with Crippen LogP contribution in [0.5, 0.6) is 0 Å². The first-order valence-electron chi connectivity index (χ1n) is 9.37. The van der Waals surface area contributed by atoms with Crippen molar-refractivity contribution in [2.75, 3.05) is 13.1 Å². The molecule has 4 nitrogen and oxygen atoms in total. The lowest BCUT2D eigenvalue weighted by atomic mass is 9.98. The van der Waals surface area contributed by atoms with Crippen molar-refractivity contribution < 1.29 is 21.6 Å². The fourth-order valence-electron chi connectivity index (χ4n) is 3.41. The minimum Gasteiger partial charge on any atom is -0.370 e. The number of pyridine rings is 1. The van der Waals surface area contributed by atoms with Crippen LogP contribution in [0.3, 0.4) is 0 Å². The fraction of sp³-hybridized carbons (Fsp3) is 0.381. The zero-order chi connectivity index (χ0) is 21.2. The molecule has 1 aromatic heterocycles. The topological polar surface area (TPSA) is 50.3 Å². The number of nitrogens with zero attached hydrogens (tertiary/aromatic N) is 2. The molecule has 1 aliphatic heterocycles. The van der Waals surface area contributed by atoms with Crippen LogP contribution in [0.1, 0.15) is 36.7 Å². The number of piperidine rings is 1. The summed E-state index contributed by atoms with van der Waals surface area (Å²) < 4.78 is 65.1. The highest BCUT2D eigenvalue weighted by Gasteiger charge is 2.37. The van der Waals surface area contributed by atoms with Crippen molar-refractivity contribution in [2.45, 2.75) is 36.6 Å². The molecule has 0 bridgehead atoms. The number of hydrogen-bond donors (Lipinski definition) is 0. The van der Waals surface area contributed by atoms with Gasteiger partial charge in [0.15, 0.2) is 9.84 Å². The second-order valence-electron chi connectivity index (χ2n) is 7.38. The Bertz CT molecular complexity index is 995. The van der Waals surface area contributed by atoms with E-state index in [1.165, 1.54) is 18.2 Å². The molecule has 1 fully saturated rings. The highest BCUT2D eigenvalue weighted by Crippen LogP contribution is 2.35. The van der Waals surface area contributed by atoms with E-state index in [2.05, 4.69) is 23.4 Å². The Labute approximate surface area is 169 Å². The van der Waals surface area contributed by atoms with Crippen molar-refractivity contribution in [3.05, 3.63) is 66.0 Å². The SMILES string of the molecule is C=C(c1cccc(CS(=O)(=O)c2ccccc2C(F)(F)F)n1)N1CCC(C)CC1. The van der Waals surface area contributed by atoms with E-state index in [4.69, 9.17) is 0 Å². The molecule has 8 heteroatoms. The van der Waals surface area contributed by atoms with Gasteiger partial charge >= 0.3 is 6.18 Å². The number of sulfone groups is 1. The van der Waals surface area contributed by atoms with E-state index < -0.39 is 32.2 Å². The molecule has 0 saturated carbocycles. The minimum atomic E-state index is -4.75. The van der Waals surface area contributed by atoms with Crippen LogP contribution in [0.2, 0.25) is 0 Å². The van der Waals surface area contributed by atoms with Gasteiger partial charge in [0.1, 0.15) is 0 Å². The summed E-state index contributed by atoms with van der Waals surface area (Å²) >= 11 is 0. The predicted octanol–water partition coefficient (Wildman–Crippen LogP) is 4.78. The Balaban J connectivity index is 1.84. The monoisotopic (exact) mass is 424 g/mol. The molecule has 3 rings (SSSR count). The van der Waals surface area contributed by atoms with Gasteiger partial charge in [0.2, 0.25) is 0 Å². The summed E-state index contributed by atoms with van der Waals surface area (Å²) in [6.45, 7) is 7.98. The molecule has 0 N–H and O–H groups in total. The van der Waals surface area contributed by atoms with Crippen LogP contribution in [0.25, 0.3) is 5.70 Å². The molecule has 0 unspecified atom stereocenters. The second kappa shape index (κ2) is 8.18. The lowest BCUT2D eigenvalue weighted by molar-refractivity contribution is -0.139. The fourth-order valence-corrected chi connectivity index (χ4v) is 4.92. The van der Waals surface area contributed by atoms with Crippen molar-refractivity contribution in [3.63, 3.8) is 0 Å². The molecule has 1 aromatic carbocycles. The van der Waals surface area contributed by atoms with Crippen LogP contribution >= 0.6 is 0 Å². The molecule has 0 aliphatic carbocycles. The number of benzene rings is 1. The minimum absolute atomic E-state index is 0.186. The van der Waals surface area contributed by atoms with E-state index in [9.17, 15) is 21.6 Å². The van der Waals surface area contributed by atoms with Crippen molar-refractivity contribution in [2.24, 2.45) is 5.92 Å². The van der Waals surface area contributed by atoms with Crippen molar-refractivity contribution >= 4 is 15.5 Å². The van der Waals surface area contributed by atoms with E-state index in [1.54, 1.807) is 12.1 Å². The Kier molecular flexibility index (Phi) is 6.03. The zero-order valence-corrected chi connectivity index (χ0v) is 16.9. The molecule has 1 aliphatic rings. The molecule has 29 heavy (non-hydrogen) atoms. The van der Waals surface area contributed by atoms with Crippen molar-refractivity contribution in [1.29, 1.82) is 0 Å². The summed E-state index contributed by atoms with van der Waals surface area (Å²) in [7, 11) is -4.23. The maximum Gasteiger partial charge on any atom is 0.417 e. The third-order valence-corrected chi connectivity index (χ3v) is 6.84. The van der Waals surface area contributed by atoms with E-state index in [0.29, 0.717) is 17.3 Å². The number of likely N-dealkylation sites (tertiary alicyclic amines) is 1. The Morgan fingerprint density at radius 2 is 1.79 bits per heavy atom. The Hall–Kier alpha value is -2.35. The van der Waals surface area contributed by atoms with Crippen LogP contribution in [0.15, 0.2) is 53.9 Å². The maximum atomic E-state index is 13.2. The largest absolute Gasteiger partial charge is 0.417 e. The first kappa shape index (κ1) is 21.4. The molecule has 2 aromatic rings. The number of hydrogen-bond acceptors (Lipinski definition) is 4. The lowest BCUT2D eigenvalue weighted by Crippen LogP contribution is -2.31. The third kappa shape index (κ3) is 4.98. The highest BCUT2D eigenvalue weighted by molar-refractivity contribution is 7.90. The van der Waals surface area contributed by atoms with E-state index in [1.807, 2.05) is 0 Å². The van der Waals surface area contributed by atoms with Gasteiger partial charge in [-0.3, -0.25) is 4.98 Å². The predicted molar refractivity (Wildman–Crippen MR) is 106 cm³/mol. The van der Waals surface area contributed by atoms with Gasteiger partial charge in [-0.2, -0.15) is 13.2 Å². The van der Waals surface area contributed by atoms with Crippen LogP contribution in [0, 0.1) is 5.92 Å². The molecular weight excluding hydrogens is 401 g/mol. The van der Waals surface area contributed by atoms with Gasteiger partial charge < -0.3 is 4.90 Å². The average Bonchev–Trinajstić information content (AvgIpc) is 2.67. The Morgan fingerprint density at radius 1 is 1.14 bits per heavy atom. The van der Waals surface area contributed by atoms with Gasteiger partial charge in [-0.25, -0.2) is 8.42 Å². The normalized spacial score (nSPS) is 16.1. The molecule has 1 saturated heterocycles. The van der Waals surface area contributed by atoms with Gasteiger partial charge in [-0.15, -0.1) is 0 Å². The Morgan fingerprint density at radius 3 is 2.45 bits per heavy atom. The molecule has 156 valence electrons. The molecule has 0 atom stereocenters. The number of aromatic nitrogens is 1. The van der Waals surface area contributed by atoms with E-state index >= 15 is 0 Å². The summed E-state index contributed by atoms with van der Waals surface area (Å²) in [5, 5.41) is 0. The molecule has 0 radical (unpaired) electrons. The summed E-state index contributed by atoms with van der Waals surface area (Å²) in [5.74, 6) is 0.0373.